The molecule has 118 valence electrons. The smallest absolute Gasteiger partial charge is 0.0381 e. The molecule has 1 saturated heterocycles. The van der Waals surface area contributed by atoms with Gasteiger partial charge in [0.1, 0.15) is 0 Å². The first-order valence-corrected chi connectivity index (χ1v) is 8.58. The number of hydrogen-bond acceptors (Lipinski definition) is 2. The minimum atomic E-state index is 0.231. The van der Waals surface area contributed by atoms with Crippen LogP contribution in [0.1, 0.15) is 57.6 Å². The Morgan fingerprint density at radius 3 is 2.14 bits per heavy atom. The Labute approximate surface area is 130 Å². The Morgan fingerprint density at radius 1 is 1.00 bits per heavy atom. The van der Waals surface area contributed by atoms with Crippen molar-refractivity contribution < 1.29 is 0 Å². The van der Waals surface area contributed by atoms with Crippen molar-refractivity contribution in [3.05, 3.63) is 35.9 Å². The highest BCUT2D eigenvalue weighted by atomic mass is 15.1. The standard InChI is InChI=1S/C19H32N2/c1-19(2,16-21-14-10-5-4-6-11-15-21)18(20-3)17-12-8-7-9-13-17/h7-9,12-13,18,20H,4-6,10-11,14-16H2,1-3H3. The molecule has 1 fully saturated rings. The van der Waals surface area contributed by atoms with Gasteiger partial charge in [0, 0.05) is 12.6 Å². The van der Waals surface area contributed by atoms with Gasteiger partial charge < -0.3 is 10.2 Å². The predicted octanol–water partition coefficient (Wildman–Crippen LogP) is 4.24. The fourth-order valence-corrected chi connectivity index (χ4v) is 3.79. The van der Waals surface area contributed by atoms with E-state index < -0.39 is 0 Å². The van der Waals surface area contributed by atoms with Crippen LogP contribution in [0.15, 0.2) is 30.3 Å². The van der Waals surface area contributed by atoms with Crippen molar-refractivity contribution in [1.82, 2.24) is 10.2 Å². The molecule has 2 heteroatoms. The van der Waals surface area contributed by atoms with E-state index in [1.165, 1.54) is 57.3 Å². The number of benzene rings is 1. The Hall–Kier alpha value is -0.860. The van der Waals surface area contributed by atoms with Crippen molar-refractivity contribution in [1.29, 1.82) is 0 Å². The molecule has 0 spiro atoms. The van der Waals surface area contributed by atoms with E-state index in [2.05, 4.69) is 61.4 Å². The molecule has 0 saturated carbocycles. The van der Waals surface area contributed by atoms with E-state index in [4.69, 9.17) is 0 Å². The first kappa shape index (κ1) is 16.5. The second-order valence-electron chi connectivity index (χ2n) is 7.16. The summed E-state index contributed by atoms with van der Waals surface area (Å²) in [6.45, 7) is 8.52. The van der Waals surface area contributed by atoms with Gasteiger partial charge in [-0.3, -0.25) is 0 Å². The largest absolute Gasteiger partial charge is 0.313 e. The predicted molar refractivity (Wildman–Crippen MR) is 91.5 cm³/mol. The fraction of sp³-hybridized carbons (Fsp3) is 0.684. The van der Waals surface area contributed by atoms with E-state index in [1.54, 1.807) is 0 Å². The molecule has 1 aliphatic heterocycles. The molecule has 1 unspecified atom stereocenters. The molecule has 0 aliphatic carbocycles. The average Bonchev–Trinajstić information content (AvgIpc) is 2.43. The van der Waals surface area contributed by atoms with E-state index in [-0.39, 0.29) is 5.41 Å². The molecule has 1 aromatic rings. The summed E-state index contributed by atoms with van der Waals surface area (Å²) in [6.07, 6.45) is 6.98. The van der Waals surface area contributed by atoms with E-state index in [0.717, 1.165) is 0 Å². The van der Waals surface area contributed by atoms with Crippen LogP contribution in [0, 0.1) is 5.41 Å². The number of likely N-dealkylation sites (tertiary alicyclic amines) is 1. The first-order chi connectivity index (χ1) is 10.1. The molecule has 1 N–H and O–H groups in total. The van der Waals surface area contributed by atoms with Gasteiger partial charge in [0.25, 0.3) is 0 Å². The molecule has 0 bridgehead atoms. The van der Waals surface area contributed by atoms with Crippen LogP contribution >= 0.6 is 0 Å². The van der Waals surface area contributed by atoms with Crippen molar-refractivity contribution in [2.75, 3.05) is 26.7 Å². The van der Waals surface area contributed by atoms with Crippen LogP contribution in [0.25, 0.3) is 0 Å². The average molecular weight is 288 g/mol. The topological polar surface area (TPSA) is 15.3 Å². The molecule has 1 atom stereocenters. The fourth-order valence-electron chi connectivity index (χ4n) is 3.79. The van der Waals surface area contributed by atoms with Crippen LogP contribution in [-0.4, -0.2) is 31.6 Å². The third-order valence-electron chi connectivity index (χ3n) is 4.78. The lowest BCUT2D eigenvalue weighted by Crippen LogP contribution is -2.43. The highest BCUT2D eigenvalue weighted by Crippen LogP contribution is 2.34. The summed E-state index contributed by atoms with van der Waals surface area (Å²) in [4.78, 5) is 2.69. The van der Waals surface area contributed by atoms with Crippen molar-refractivity contribution in [2.45, 2.75) is 52.0 Å². The van der Waals surface area contributed by atoms with Crippen LogP contribution in [0.4, 0.5) is 0 Å². The number of hydrogen-bond donors (Lipinski definition) is 1. The summed E-state index contributed by atoms with van der Waals surface area (Å²) >= 11 is 0. The number of nitrogens with zero attached hydrogens (tertiary/aromatic N) is 1. The van der Waals surface area contributed by atoms with Crippen molar-refractivity contribution in [3.63, 3.8) is 0 Å². The van der Waals surface area contributed by atoms with Gasteiger partial charge in [-0.15, -0.1) is 0 Å². The van der Waals surface area contributed by atoms with E-state index in [0.29, 0.717) is 6.04 Å². The molecule has 0 radical (unpaired) electrons. The molecule has 0 amide bonds. The second kappa shape index (κ2) is 7.95. The van der Waals surface area contributed by atoms with Crippen LogP contribution < -0.4 is 5.32 Å². The minimum Gasteiger partial charge on any atom is -0.313 e. The van der Waals surface area contributed by atoms with E-state index in [1.807, 2.05) is 0 Å². The Bertz CT molecular complexity index is 391. The maximum Gasteiger partial charge on any atom is 0.0381 e. The monoisotopic (exact) mass is 288 g/mol. The van der Waals surface area contributed by atoms with Gasteiger partial charge in [-0.05, 0) is 44.0 Å². The summed E-state index contributed by atoms with van der Waals surface area (Å²) in [5.41, 5.74) is 1.63. The van der Waals surface area contributed by atoms with E-state index in [9.17, 15) is 0 Å². The SMILES string of the molecule is CNC(c1ccccc1)C(C)(C)CN1CCCCCCC1. The summed E-state index contributed by atoms with van der Waals surface area (Å²) in [6, 6.07) is 11.3. The molecular weight excluding hydrogens is 256 g/mol. The Kier molecular flexibility index (Phi) is 6.25. The molecule has 21 heavy (non-hydrogen) atoms. The second-order valence-corrected chi connectivity index (χ2v) is 7.16. The summed E-state index contributed by atoms with van der Waals surface area (Å²) in [5.74, 6) is 0. The van der Waals surface area contributed by atoms with E-state index >= 15 is 0 Å². The summed E-state index contributed by atoms with van der Waals surface area (Å²) < 4.78 is 0. The van der Waals surface area contributed by atoms with Crippen molar-refractivity contribution in [2.24, 2.45) is 5.41 Å². The van der Waals surface area contributed by atoms with Crippen LogP contribution in [0.3, 0.4) is 0 Å². The Morgan fingerprint density at radius 2 is 1.57 bits per heavy atom. The zero-order valence-corrected chi connectivity index (χ0v) is 14.1. The van der Waals surface area contributed by atoms with Gasteiger partial charge >= 0.3 is 0 Å². The van der Waals surface area contributed by atoms with Crippen molar-refractivity contribution in [3.8, 4) is 0 Å². The maximum atomic E-state index is 3.55. The third kappa shape index (κ3) is 4.82. The van der Waals surface area contributed by atoms with Gasteiger partial charge in [-0.2, -0.15) is 0 Å². The summed E-state index contributed by atoms with van der Waals surface area (Å²) in [7, 11) is 2.09. The lowest BCUT2D eigenvalue weighted by Gasteiger charge is -2.39. The van der Waals surface area contributed by atoms with Gasteiger partial charge in [0.2, 0.25) is 0 Å². The molecule has 0 aromatic heterocycles. The van der Waals surface area contributed by atoms with Crippen molar-refractivity contribution >= 4 is 0 Å². The Balaban J connectivity index is 2.04. The van der Waals surface area contributed by atoms with Crippen LogP contribution in [-0.2, 0) is 0 Å². The third-order valence-corrected chi connectivity index (χ3v) is 4.78. The van der Waals surface area contributed by atoms with Crippen LogP contribution in [0.2, 0.25) is 0 Å². The quantitative estimate of drug-likeness (QED) is 0.872. The lowest BCUT2D eigenvalue weighted by atomic mass is 9.79. The molecule has 1 aromatic carbocycles. The lowest BCUT2D eigenvalue weighted by molar-refractivity contribution is 0.131. The minimum absolute atomic E-state index is 0.231. The molecule has 1 heterocycles. The highest BCUT2D eigenvalue weighted by Gasteiger charge is 2.31. The van der Waals surface area contributed by atoms with Crippen LogP contribution in [0.5, 0.6) is 0 Å². The number of rotatable bonds is 5. The first-order valence-electron chi connectivity index (χ1n) is 8.58. The van der Waals surface area contributed by atoms with Gasteiger partial charge in [-0.25, -0.2) is 0 Å². The molecule has 1 aliphatic rings. The van der Waals surface area contributed by atoms with Gasteiger partial charge in [0.15, 0.2) is 0 Å². The van der Waals surface area contributed by atoms with Gasteiger partial charge in [0.05, 0.1) is 0 Å². The highest BCUT2D eigenvalue weighted by molar-refractivity contribution is 5.21. The zero-order chi connectivity index (χ0) is 15.1. The molecule has 2 nitrogen and oxygen atoms in total. The normalized spacial score (nSPS) is 19.8. The summed E-state index contributed by atoms with van der Waals surface area (Å²) in [5, 5.41) is 3.55. The van der Waals surface area contributed by atoms with Gasteiger partial charge in [-0.1, -0.05) is 63.4 Å². The number of nitrogens with one attached hydrogen (secondary N) is 1. The maximum absolute atomic E-state index is 3.55. The molecule has 2 rings (SSSR count). The zero-order valence-electron chi connectivity index (χ0n) is 14.1. The molecular formula is C19H32N2.